The van der Waals surface area contributed by atoms with Crippen molar-refractivity contribution < 1.29 is 5.11 Å². The summed E-state index contributed by atoms with van der Waals surface area (Å²) in [4.78, 5) is 0. The molecule has 0 heterocycles. The summed E-state index contributed by atoms with van der Waals surface area (Å²) >= 11 is 0. The van der Waals surface area contributed by atoms with Crippen LogP contribution in [0.25, 0.3) is 0 Å². The average Bonchev–Trinajstić information content (AvgIpc) is 2.48. The topological polar surface area (TPSA) is 32.3 Å². The number of nitrogens with one attached hydrogen (secondary N) is 1. The summed E-state index contributed by atoms with van der Waals surface area (Å²) < 4.78 is 0. The molecule has 2 N–H and O–H groups in total. The zero-order chi connectivity index (χ0) is 14.2. The van der Waals surface area contributed by atoms with Crippen LogP contribution < -0.4 is 5.32 Å². The molecule has 2 aromatic carbocycles. The van der Waals surface area contributed by atoms with Crippen LogP contribution >= 0.6 is 0 Å². The van der Waals surface area contributed by atoms with Crippen molar-refractivity contribution in [1.82, 2.24) is 5.32 Å². The monoisotopic (exact) mass is 269 g/mol. The molecule has 0 saturated carbocycles. The van der Waals surface area contributed by atoms with Crippen LogP contribution in [0.15, 0.2) is 54.6 Å². The molecule has 1 atom stereocenters. The fourth-order valence-corrected chi connectivity index (χ4v) is 2.30. The van der Waals surface area contributed by atoms with Gasteiger partial charge in [0.2, 0.25) is 0 Å². The SMILES string of the molecule is CC(CNCCCc1ccccc1)c1ccc(O)cc1. The van der Waals surface area contributed by atoms with E-state index in [4.69, 9.17) is 0 Å². The number of hydrogen-bond donors (Lipinski definition) is 2. The summed E-state index contributed by atoms with van der Waals surface area (Å²) in [6, 6.07) is 18.1. The third-order valence-corrected chi connectivity index (χ3v) is 3.57. The molecule has 0 spiro atoms. The van der Waals surface area contributed by atoms with Crippen LogP contribution in [0.2, 0.25) is 0 Å². The number of aryl methyl sites for hydroxylation is 1. The lowest BCUT2D eigenvalue weighted by molar-refractivity contribution is 0.474. The van der Waals surface area contributed by atoms with Gasteiger partial charge in [0.1, 0.15) is 5.75 Å². The highest BCUT2D eigenvalue weighted by Crippen LogP contribution is 2.17. The smallest absolute Gasteiger partial charge is 0.115 e. The number of hydrogen-bond acceptors (Lipinski definition) is 2. The Bertz CT molecular complexity index is 493. The van der Waals surface area contributed by atoms with Crippen molar-refractivity contribution in [3.63, 3.8) is 0 Å². The van der Waals surface area contributed by atoms with Gasteiger partial charge in [-0.3, -0.25) is 0 Å². The third-order valence-electron chi connectivity index (χ3n) is 3.57. The Balaban J connectivity index is 1.64. The lowest BCUT2D eigenvalue weighted by Crippen LogP contribution is -2.21. The second kappa shape index (κ2) is 7.71. The number of phenols is 1. The van der Waals surface area contributed by atoms with Gasteiger partial charge >= 0.3 is 0 Å². The van der Waals surface area contributed by atoms with Crippen LogP contribution in [0.4, 0.5) is 0 Å². The molecule has 1 unspecified atom stereocenters. The normalized spacial score (nSPS) is 12.2. The molecule has 20 heavy (non-hydrogen) atoms. The summed E-state index contributed by atoms with van der Waals surface area (Å²) in [6.07, 6.45) is 2.29. The van der Waals surface area contributed by atoms with Gasteiger partial charge in [-0.1, -0.05) is 49.4 Å². The average molecular weight is 269 g/mol. The Hall–Kier alpha value is -1.80. The van der Waals surface area contributed by atoms with Crippen molar-refractivity contribution in [2.75, 3.05) is 13.1 Å². The first-order valence-electron chi connectivity index (χ1n) is 7.29. The summed E-state index contributed by atoms with van der Waals surface area (Å²) in [7, 11) is 0. The number of rotatable bonds is 7. The van der Waals surface area contributed by atoms with Crippen LogP contribution in [0.5, 0.6) is 5.75 Å². The predicted octanol–water partition coefficient (Wildman–Crippen LogP) is 3.72. The number of benzene rings is 2. The standard InChI is InChI=1S/C18H23NO/c1-15(17-9-11-18(20)12-10-17)14-19-13-5-8-16-6-3-2-4-7-16/h2-4,6-7,9-12,15,19-20H,5,8,13-14H2,1H3. The molecule has 0 aromatic heterocycles. The first-order valence-corrected chi connectivity index (χ1v) is 7.29. The fourth-order valence-electron chi connectivity index (χ4n) is 2.30. The number of phenolic OH excluding ortho intramolecular Hbond substituents is 1. The van der Waals surface area contributed by atoms with E-state index in [2.05, 4.69) is 42.6 Å². The van der Waals surface area contributed by atoms with Gasteiger partial charge in [-0.25, -0.2) is 0 Å². The van der Waals surface area contributed by atoms with E-state index in [-0.39, 0.29) is 0 Å². The minimum Gasteiger partial charge on any atom is -0.508 e. The van der Waals surface area contributed by atoms with E-state index in [1.54, 1.807) is 12.1 Å². The molecule has 0 fully saturated rings. The largest absolute Gasteiger partial charge is 0.508 e. The summed E-state index contributed by atoms with van der Waals surface area (Å²) in [6.45, 7) is 4.22. The van der Waals surface area contributed by atoms with Crippen molar-refractivity contribution in [1.29, 1.82) is 0 Å². The second-order valence-electron chi connectivity index (χ2n) is 5.29. The van der Waals surface area contributed by atoms with Gasteiger partial charge in [0.05, 0.1) is 0 Å². The van der Waals surface area contributed by atoms with Crippen molar-refractivity contribution >= 4 is 0 Å². The summed E-state index contributed by atoms with van der Waals surface area (Å²) in [5.41, 5.74) is 2.67. The molecule has 0 radical (unpaired) electrons. The Labute approximate surface area is 121 Å². The van der Waals surface area contributed by atoms with Gasteiger partial charge in [0.25, 0.3) is 0 Å². The van der Waals surface area contributed by atoms with Gasteiger partial charge < -0.3 is 10.4 Å². The molecule has 2 aromatic rings. The van der Waals surface area contributed by atoms with Gasteiger partial charge in [0, 0.05) is 6.54 Å². The molecule has 106 valence electrons. The van der Waals surface area contributed by atoms with E-state index in [1.807, 2.05) is 12.1 Å². The Morgan fingerprint density at radius 2 is 1.70 bits per heavy atom. The van der Waals surface area contributed by atoms with Gasteiger partial charge in [-0.2, -0.15) is 0 Å². The van der Waals surface area contributed by atoms with E-state index in [9.17, 15) is 5.11 Å². The van der Waals surface area contributed by atoms with Crippen molar-refractivity contribution in [3.05, 3.63) is 65.7 Å². The highest BCUT2D eigenvalue weighted by Gasteiger charge is 2.04. The zero-order valence-electron chi connectivity index (χ0n) is 12.0. The molecule has 0 saturated heterocycles. The molecular formula is C18H23NO. The van der Waals surface area contributed by atoms with Crippen LogP contribution in [0.1, 0.15) is 30.4 Å². The van der Waals surface area contributed by atoms with Crippen LogP contribution in [-0.2, 0) is 6.42 Å². The Morgan fingerprint density at radius 3 is 2.40 bits per heavy atom. The maximum absolute atomic E-state index is 9.28. The lowest BCUT2D eigenvalue weighted by atomic mass is 10.0. The molecule has 0 amide bonds. The van der Waals surface area contributed by atoms with Crippen molar-refractivity contribution in [3.8, 4) is 5.75 Å². The highest BCUT2D eigenvalue weighted by molar-refractivity contribution is 5.28. The summed E-state index contributed by atoms with van der Waals surface area (Å²) in [5, 5.41) is 12.8. The van der Waals surface area contributed by atoms with Crippen LogP contribution in [0.3, 0.4) is 0 Å². The van der Waals surface area contributed by atoms with Crippen LogP contribution in [0, 0.1) is 0 Å². The lowest BCUT2D eigenvalue weighted by Gasteiger charge is -2.13. The first-order chi connectivity index (χ1) is 9.75. The molecular weight excluding hydrogens is 246 g/mol. The number of aromatic hydroxyl groups is 1. The van der Waals surface area contributed by atoms with E-state index in [0.29, 0.717) is 11.7 Å². The Kier molecular flexibility index (Phi) is 5.63. The second-order valence-corrected chi connectivity index (χ2v) is 5.29. The van der Waals surface area contributed by atoms with Gasteiger partial charge in [-0.15, -0.1) is 0 Å². The first kappa shape index (κ1) is 14.6. The molecule has 2 rings (SSSR count). The van der Waals surface area contributed by atoms with Crippen LogP contribution in [-0.4, -0.2) is 18.2 Å². The molecule has 0 bridgehead atoms. The minimum absolute atomic E-state index is 0.330. The summed E-state index contributed by atoms with van der Waals surface area (Å²) in [5.74, 6) is 0.795. The maximum atomic E-state index is 9.28. The van der Waals surface area contributed by atoms with Gasteiger partial charge in [-0.05, 0) is 48.6 Å². The predicted molar refractivity (Wildman–Crippen MR) is 84.2 cm³/mol. The molecule has 0 aliphatic carbocycles. The highest BCUT2D eigenvalue weighted by atomic mass is 16.3. The van der Waals surface area contributed by atoms with Crippen molar-refractivity contribution in [2.45, 2.75) is 25.7 Å². The van der Waals surface area contributed by atoms with E-state index >= 15 is 0 Å². The molecule has 2 nitrogen and oxygen atoms in total. The minimum atomic E-state index is 0.330. The molecule has 0 aliphatic rings. The van der Waals surface area contributed by atoms with E-state index in [1.165, 1.54) is 11.1 Å². The zero-order valence-corrected chi connectivity index (χ0v) is 12.0. The molecule has 2 heteroatoms. The van der Waals surface area contributed by atoms with Crippen molar-refractivity contribution in [2.24, 2.45) is 0 Å². The van der Waals surface area contributed by atoms with E-state index in [0.717, 1.165) is 25.9 Å². The van der Waals surface area contributed by atoms with Gasteiger partial charge in [0.15, 0.2) is 0 Å². The third kappa shape index (κ3) is 4.71. The quantitative estimate of drug-likeness (QED) is 0.751. The Morgan fingerprint density at radius 1 is 1.00 bits per heavy atom. The maximum Gasteiger partial charge on any atom is 0.115 e. The van der Waals surface area contributed by atoms with E-state index < -0.39 is 0 Å². The fraction of sp³-hybridized carbons (Fsp3) is 0.333. The molecule has 0 aliphatic heterocycles.